The highest BCUT2D eigenvalue weighted by atomic mass is 19.4. The molecule has 0 radical (unpaired) electrons. The number of nitrogens with one attached hydrogen (secondary N) is 1. The maximum absolute atomic E-state index is 13.3. The Balaban J connectivity index is 2.70. The van der Waals surface area contributed by atoms with Crippen LogP contribution in [0.1, 0.15) is 12.0 Å². The molecule has 0 aliphatic rings. The van der Waals surface area contributed by atoms with Crippen molar-refractivity contribution < 1.29 is 22.3 Å². The molecule has 2 nitrogen and oxygen atoms in total. The predicted octanol–water partition coefficient (Wildman–Crippen LogP) is 3.35. The van der Waals surface area contributed by atoms with Crippen molar-refractivity contribution >= 4 is 6.08 Å². The van der Waals surface area contributed by atoms with Gasteiger partial charge in [0.25, 0.3) is 0 Å². The second-order valence-corrected chi connectivity index (χ2v) is 3.53. The van der Waals surface area contributed by atoms with Gasteiger partial charge in [0.1, 0.15) is 0 Å². The zero-order valence-corrected chi connectivity index (χ0v) is 9.72. The fraction of sp³-hybridized carbons (Fsp3) is 0.333. The highest BCUT2D eigenvalue weighted by Crippen LogP contribution is 2.26. The van der Waals surface area contributed by atoms with Crippen molar-refractivity contribution in [2.45, 2.75) is 12.8 Å². The number of ether oxygens (including phenoxy) is 1. The summed E-state index contributed by atoms with van der Waals surface area (Å²) in [5, 5.41) is 2.93. The van der Waals surface area contributed by atoms with Gasteiger partial charge in [-0.15, -0.1) is 13.2 Å². The first kappa shape index (κ1) is 14.5. The van der Waals surface area contributed by atoms with Gasteiger partial charge in [0.05, 0.1) is 0 Å². The molecule has 1 rings (SSSR count). The maximum atomic E-state index is 13.3. The molecule has 0 unspecified atom stereocenters. The number of benzene rings is 1. The summed E-state index contributed by atoms with van der Waals surface area (Å²) in [6, 6.07) is 3.32. The molecular formula is C12H13F4NO. The van der Waals surface area contributed by atoms with E-state index < -0.39 is 17.9 Å². The molecule has 0 atom stereocenters. The summed E-state index contributed by atoms with van der Waals surface area (Å²) in [6.07, 6.45) is -0.697. The lowest BCUT2D eigenvalue weighted by Crippen LogP contribution is -2.17. The molecule has 0 fully saturated rings. The Morgan fingerprint density at radius 1 is 1.33 bits per heavy atom. The SMILES string of the molecule is CNCCC=Cc1ccc(OC(F)(F)F)c(F)c1. The lowest BCUT2D eigenvalue weighted by Gasteiger charge is -2.09. The molecule has 0 aliphatic heterocycles. The van der Waals surface area contributed by atoms with E-state index in [9.17, 15) is 17.6 Å². The Kier molecular flexibility index (Phi) is 5.15. The van der Waals surface area contributed by atoms with E-state index in [-0.39, 0.29) is 0 Å². The summed E-state index contributed by atoms with van der Waals surface area (Å²) < 4.78 is 52.5. The van der Waals surface area contributed by atoms with E-state index in [2.05, 4.69) is 10.1 Å². The van der Waals surface area contributed by atoms with Crippen LogP contribution >= 0.6 is 0 Å². The van der Waals surface area contributed by atoms with Gasteiger partial charge in [0.2, 0.25) is 0 Å². The Morgan fingerprint density at radius 2 is 2.06 bits per heavy atom. The van der Waals surface area contributed by atoms with E-state index >= 15 is 0 Å². The minimum absolute atomic E-state index is 0.484. The van der Waals surface area contributed by atoms with Crippen LogP contribution < -0.4 is 10.1 Å². The second-order valence-electron chi connectivity index (χ2n) is 3.53. The third-order valence-electron chi connectivity index (χ3n) is 2.05. The van der Waals surface area contributed by atoms with Crippen LogP contribution in [0.5, 0.6) is 5.75 Å². The zero-order valence-electron chi connectivity index (χ0n) is 9.72. The van der Waals surface area contributed by atoms with Gasteiger partial charge in [-0.1, -0.05) is 18.2 Å². The topological polar surface area (TPSA) is 21.3 Å². The summed E-state index contributed by atoms with van der Waals surface area (Å²) in [6.45, 7) is 0.772. The lowest BCUT2D eigenvalue weighted by molar-refractivity contribution is -0.275. The normalized spacial score (nSPS) is 12.1. The van der Waals surface area contributed by atoms with Crippen LogP contribution in [0, 0.1) is 5.82 Å². The van der Waals surface area contributed by atoms with E-state index in [1.165, 1.54) is 6.07 Å². The Morgan fingerprint density at radius 3 is 2.61 bits per heavy atom. The molecule has 0 saturated heterocycles. The van der Waals surface area contributed by atoms with Gasteiger partial charge in [-0.05, 0) is 37.7 Å². The summed E-state index contributed by atoms with van der Waals surface area (Å²) >= 11 is 0. The van der Waals surface area contributed by atoms with Crippen LogP contribution in [0.4, 0.5) is 17.6 Å². The van der Waals surface area contributed by atoms with Crippen molar-refractivity contribution in [1.29, 1.82) is 0 Å². The van der Waals surface area contributed by atoms with Crippen molar-refractivity contribution in [2.75, 3.05) is 13.6 Å². The molecule has 0 aromatic heterocycles. The van der Waals surface area contributed by atoms with Crippen molar-refractivity contribution in [2.24, 2.45) is 0 Å². The van der Waals surface area contributed by atoms with Gasteiger partial charge in [-0.25, -0.2) is 4.39 Å². The third-order valence-corrected chi connectivity index (χ3v) is 2.05. The minimum Gasteiger partial charge on any atom is -0.403 e. The minimum atomic E-state index is -4.88. The molecule has 0 amide bonds. The molecule has 0 bridgehead atoms. The smallest absolute Gasteiger partial charge is 0.403 e. The molecular weight excluding hydrogens is 250 g/mol. The maximum Gasteiger partial charge on any atom is 0.573 e. The number of halogens is 4. The molecule has 18 heavy (non-hydrogen) atoms. The van der Waals surface area contributed by atoms with Gasteiger partial charge < -0.3 is 10.1 Å². The van der Waals surface area contributed by atoms with Crippen molar-refractivity contribution in [1.82, 2.24) is 5.32 Å². The van der Waals surface area contributed by atoms with Gasteiger partial charge in [-0.3, -0.25) is 0 Å². The van der Waals surface area contributed by atoms with Crippen LogP contribution in [-0.4, -0.2) is 20.0 Å². The van der Waals surface area contributed by atoms with Crippen LogP contribution in [0.15, 0.2) is 24.3 Å². The first-order valence-electron chi connectivity index (χ1n) is 5.29. The van der Waals surface area contributed by atoms with Gasteiger partial charge in [0, 0.05) is 0 Å². The largest absolute Gasteiger partial charge is 0.573 e. The van der Waals surface area contributed by atoms with E-state index in [0.717, 1.165) is 25.1 Å². The lowest BCUT2D eigenvalue weighted by atomic mass is 10.2. The fourth-order valence-corrected chi connectivity index (χ4v) is 1.28. The molecule has 0 heterocycles. The van der Waals surface area contributed by atoms with E-state index in [0.29, 0.717) is 5.56 Å². The number of alkyl halides is 3. The van der Waals surface area contributed by atoms with Crippen molar-refractivity contribution in [3.8, 4) is 5.75 Å². The molecule has 0 aliphatic carbocycles. The average molecular weight is 263 g/mol. The third kappa shape index (κ3) is 5.18. The van der Waals surface area contributed by atoms with Gasteiger partial charge in [0.15, 0.2) is 11.6 Å². The summed E-state index contributed by atoms with van der Waals surface area (Å²) in [5.74, 6) is -1.86. The van der Waals surface area contributed by atoms with Crippen LogP contribution in [0.25, 0.3) is 6.08 Å². The molecule has 0 spiro atoms. The molecule has 0 saturated carbocycles. The second kappa shape index (κ2) is 6.39. The first-order chi connectivity index (χ1) is 8.42. The zero-order chi connectivity index (χ0) is 13.6. The molecule has 100 valence electrons. The fourth-order valence-electron chi connectivity index (χ4n) is 1.28. The molecule has 1 N–H and O–H groups in total. The standard InChI is InChI=1S/C12H13F4NO/c1-17-7-3-2-4-9-5-6-11(10(13)8-9)18-12(14,15)16/h2,4-6,8,17H,3,7H2,1H3. The average Bonchev–Trinajstić information content (AvgIpc) is 2.26. The molecule has 1 aromatic rings. The van der Waals surface area contributed by atoms with E-state index in [4.69, 9.17) is 0 Å². The van der Waals surface area contributed by atoms with Crippen molar-refractivity contribution in [3.05, 3.63) is 35.7 Å². The Bertz CT molecular complexity index is 415. The molecule has 1 aromatic carbocycles. The van der Waals surface area contributed by atoms with E-state index in [1.54, 1.807) is 19.2 Å². The summed E-state index contributed by atoms with van der Waals surface area (Å²) in [5.41, 5.74) is 0.484. The Hall–Kier alpha value is -1.56. The van der Waals surface area contributed by atoms with Crippen LogP contribution in [0.2, 0.25) is 0 Å². The summed E-state index contributed by atoms with van der Waals surface area (Å²) in [7, 11) is 1.80. The van der Waals surface area contributed by atoms with Crippen LogP contribution in [0.3, 0.4) is 0 Å². The monoisotopic (exact) mass is 263 g/mol. The highest BCUT2D eigenvalue weighted by Gasteiger charge is 2.32. The first-order valence-corrected chi connectivity index (χ1v) is 5.29. The van der Waals surface area contributed by atoms with Crippen molar-refractivity contribution in [3.63, 3.8) is 0 Å². The molecule has 6 heteroatoms. The predicted molar refractivity (Wildman–Crippen MR) is 60.7 cm³/mol. The van der Waals surface area contributed by atoms with Gasteiger partial charge in [-0.2, -0.15) is 0 Å². The van der Waals surface area contributed by atoms with Crippen LogP contribution in [-0.2, 0) is 0 Å². The number of rotatable bonds is 5. The quantitative estimate of drug-likeness (QED) is 0.649. The van der Waals surface area contributed by atoms with Gasteiger partial charge >= 0.3 is 6.36 Å². The number of hydrogen-bond donors (Lipinski definition) is 1. The van der Waals surface area contributed by atoms with E-state index in [1.807, 2.05) is 0 Å². The Labute approximate surface area is 102 Å². The highest BCUT2D eigenvalue weighted by molar-refractivity contribution is 5.51. The summed E-state index contributed by atoms with van der Waals surface area (Å²) in [4.78, 5) is 0. The number of hydrogen-bond acceptors (Lipinski definition) is 2.